The Balaban J connectivity index is 1.41. The number of methoxy groups -OCH3 is 1. The van der Waals surface area contributed by atoms with Crippen molar-refractivity contribution in [2.24, 2.45) is 23.7 Å². The van der Waals surface area contributed by atoms with Gasteiger partial charge in [0.05, 0.1) is 7.11 Å². The van der Waals surface area contributed by atoms with Crippen LogP contribution in [0.25, 0.3) is 17.2 Å². The molecule has 4 aliphatic carbocycles. The molecule has 0 spiro atoms. The Morgan fingerprint density at radius 1 is 0.931 bits per heavy atom. The van der Waals surface area contributed by atoms with Crippen molar-refractivity contribution in [3.8, 4) is 16.9 Å². The number of carbonyl (C=O) groups is 1. The molecule has 2 aromatic rings. The summed E-state index contributed by atoms with van der Waals surface area (Å²) in [5.74, 6) is 4.12. The van der Waals surface area contributed by atoms with E-state index in [9.17, 15) is 9.90 Å². The van der Waals surface area contributed by atoms with Gasteiger partial charge in [-0.2, -0.15) is 0 Å². The summed E-state index contributed by atoms with van der Waals surface area (Å²) in [6, 6.07) is 14.2. The minimum absolute atomic E-state index is 0.359. The van der Waals surface area contributed by atoms with E-state index in [1.54, 1.807) is 6.08 Å². The lowest BCUT2D eigenvalue weighted by atomic mass is 9.50. The summed E-state index contributed by atoms with van der Waals surface area (Å²) in [6.07, 6.45) is 10.1. The van der Waals surface area contributed by atoms with Crippen molar-refractivity contribution in [3.63, 3.8) is 0 Å². The molecule has 0 atom stereocenters. The molecule has 0 unspecified atom stereocenters. The number of hydrogen-bond donors (Lipinski definition) is 1. The predicted molar refractivity (Wildman–Crippen MR) is 114 cm³/mol. The molecule has 4 aliphatic rings. The first-order valence-corrected chi connectivity index (χ1v) is 10.8. The number of phenolic OH excluding ortho intramolecular Hbond substituents is 1. The fourth-order valence-electron chi connectivity index (χ4n) is 6.48. The smallest absolute Gasteiger partial charge is 0.330 e. The third-order valence-electron chi connectivity index (χ3n) is 7.41. The lowest BCUT2D eigenvalue weighted by molar-refractivity contribution is -0.134. The van der Waals surface area contributed by atoms with Crippen molar-refractivity contribution in [2.75, 3.05) is 7.11 Å². The van der Waals surface area contributed by atoms with Crippen LogP contribution in [0.15, 0.2) is 48.5 Å². The van der Waals surface area contributed by atoms with Crippen LogP contribution in [0.1, 0.15) is 49.1 Å². The van der Waals surface area contributed by atoms with Crippen LogP contribution in [0.2, 0.25) is 0 Å². The van der Waals surface area contributed by atoms with Gasteiger partial charge in [0.1, 0.15) is 5.75 Å². The first-order valence-electron chi connectivity index (χ1n) is 10.8. The molecule has 0 aliphatic heterocycles. The van der Waals surface area contributed by atoms with Crippen molar-refractivity contribution < 1.29 is 14.6 Å². The van der Waals surface area contributed by atoms with E-state index in [0.29, 0.717) is 11.7 Å². The normalized spacial score (nSPS) is 30.0. The Bertz CT molecular complexity index is 913. The molecule has 1 N–H and O–H groups in total. The molecule has 0 radical (unpaired) electrons. The van der Waals surface area contributed by atoms with Gasteiger partial charge in [0.15, 0.2) is 0 Å². The zero-order chi connectivity index (χ0) is 20.0. The van der Waals surface area contributed by atoms with Gasteiger partial charge in [0.2, 0.25) is 0 Å². The van der Waals surface area contributed by atoms with Crippen molar-refractivity contribution in [3.05, 3.63) is 59.7 Å². The maximum atomic E-state index is 11.3. The summed E-state index contributed by atoms with van der Waals surface area (Å²) >= 11 is 0. The molecule has 3 nitrogen and oxygen atoms in total. The molecule has 2 aromatic carbocycles. The quantitative estimate of drug-likeness (QED) is 0.533. The van der Waals surface area contributed by atoms with Crippen LogP contribution >= 0.6 is 0 Å². The fourth-order valence-corrected chi connectivity index (χ4v) is 6.48. The SMILES string of the molecule is COC(=O)C=Cc1ccc(-c2cc(O)cc(C3C4CC5CC(C4)CC3C5)c2)cc1. The predicted octanol–water partition coefficient (Wildman–Crippen LogP) is 5.79. The van der Waals surface area contributed by atoms with Gasteiger partial charge < -0.3 is 9.84 Å². The summed E-state index contributed by atoms with van der Waals surface area (Å²) in [4.78, 5) is 11.3. The van der Waals surface area contributed by atoms with Crippen LogP contribution in [0.3, 0.4) is 0 Å². The van der Waals surface area contributed by atoms with Crippen LogP contribution in [0.5, 0.6) is 5.75 Å². The van der Waals surface area contributed by atoms with E-state index in [0.717, 1.165) is 40.4 Å². The summed E-state index contributed by atoms with van der Waals surface area (Å²) in [5, 5.41) is 10.5. The number of benzene rings is 2. The monoisotopic (exact) mass is 388 g/mol. The zero-order valence-corrected chi connectivity index (χ0v) is 16.9. The van der Waals surface area contributed by atoms with Crippen LogP contribution in [-0.2, 0) is 9.53 Å². The molecule has 0 aromatic heterocycles. The van der Waals surface area contributed by atoms with E-state index in [4.69, 9.17) is 0 Å². The molecule has 4 bridgehead atoms. The largest absolute Gasteiger partial charge is 0.508 e. The molecule has 150 valence electrons. The van der Waals surface area contributed by atoms with Gasteiger partial charge in [0, 0.05) is 6.08 Å². The fraction of sp³-hybridized carbons (Fsp3) is 0.423. The van der Waals surface area contributed by atoms with E-state index < -0.39 is 0 Å². The molecular weight excluding hydrogens is 360 g/mol. The van der Waals surface area contributed by atoms with Crippen LogP contribution < -0.4 is 0 Å². The van der Waals surface area contributed by atoms with Gasteiger partial charge >= 0.3 is 5.97 Å². The van der Waals surface area contributed by atoms with Gasteiger partial charge in [-0.05, 0) is 102 Å². The van der Waals surface area contributed by atoms with Gasteiger partial charge in [-0.1, -0.05) is 30.3 Å². The van der Waals surface area contributed by atoms with E-state index in [-0.39, 0.29) is 5.97 Å². The van der Waals surface area contributed by atoms with Gasteiger partial charge in [0.25, 0.3) is 0 Å². The van der Waals surface area contributed by atoms with E-state index in [2.05, 4.69) is 10.8 Å². The molecule has 29 heavy (non-hydrogen) atoms. The van der Waals surface area contributed by atoms with E-state index >= 15 is 0 Å². The number of phenols is 1. The topological polar surface area (TPSA) is 46.5 Å². The third kappa shape index (κ3) is 3.59. The highest BCUT2D eigenvalue weighted by molar-refractivity contribution is 5.87. The Morgan fingerprint density at radius 2 is 1.59 bits per heavy atom. The molecule has 4 fully saturated rings. The average Bonchev–Trinajstić information content (AvgIpc) is 2.71. The standard InChI is InChI=1S/C26H28O3/c1-29-25(28)7-4-16-2-5-19(6-3-16)20-13-23(15-24(27)14-20)26-21-9-17-8-18(11-21)12-22(26)10-17/h2-7,13-15,17-18,21-22,26-27H,8-12H2,1H3. The average molecular weight is 389 g/mol. The first kappa shape index (κ1) is 18.5. The van der Waals surface area contributed by atoms with E-state index in [1.165, 1.54) is 50.9 Å². The summed E-state index contributed by atoms with van der Waals surface area (Å²) < 4.78 is 4.64. The molecule has 6 rings (SSSR count). The first-order chi connectivity index (χ1) is 14.1. The van der Waals surface area contributed by atoms with Crippen molar-refractivity contribution in [1.29, 1.82) is 0 Å². The number of esters is 1. The Morgan fingerprint density at radius 3 is 2.21 bits per heavy atom. The highest BCUT2D eigenvalue weighted by atomic mass is 16.5. The second-order valence-electron chi connectivity index (χ2n) is 9.25. The van der Waals surface area contributed by atoms with E-state index in [1.807, 2.05) is 36.4 Å². The molecule has 4 saturated carbocycles. The zero-order valence-electron chi connectivity index (χ0n) is 16.9. The van der Waals surface area contributed by atoms with Crippen LogP contribution in [-0.4, -0.2) is 18.2 Å². The minimum atomic E-state index is -0.359. The molecule has 0 heterocycles. The number of aromatic hydroxyl groups is 1. The van der Waals surface area contributed by atoms with Gasteiger partial charge in [-0.15, -0.1) is 0 Å². The molecule has 0 saturated heterocycles. The van der Waals surface area contributed by atoms with Crippen LogP contribution in [0.4, 0.5) is 0 Å². The van der Waals surface area contributed by atoms with Crippen molar-refractivity contribution >= 4 is 12.0 Å². The summed E-state index contributed by atoms with van der Waals surface area (Å²) in [7, 11) is 1.37. The Labute approximate surface area is 172 Å². The Hall–Kier alpha value is -2.55. The Kier molecular flexibility index (Phi) is 4.69. The summed E-state index contributed by atoms with van der Waals surface area (Å²) in [6.45, 7) is 0. The number of rotatable bonds is 4. The van der Waals surface area contributed by atoms with Crippen molar-refractivity contribution in [1.82, 2.24) is 0 Å². The summed E-state index contributed by atoms with van der Waals surface area (Å²) in [5.41, 5.74) is 4.42. The van der Waals surface area contributed by atoms with Gasteiger partial charge in [-0.3, -0.25) is 0 Å². The third-order valence-corrected chi connectivity index (χ3v) is 7.41. The lowest BCUT2D eigenvalue weighted by Crippen LogP contribution is -2.43. The second-order valence-corrected chi connectivity index (χ2v) is 9.25. The molecule has 0 amide bonds. The molecular formula is C26H28O3. The van der Waals surface area contributed by atoms with Crippen molar-refractivity contribution in [2.45, 2.75) is 38.0 Å². The highest BCUT2D eigenvalue weighted by Gasteiger charge is 2.48. The van der Waals surface area contributed by atoms with Crippen LogP contribution in [0, 0.1) is 23.7 Å². The van der Waals surface area contributed by atoms with Gasteiger partial charge in [-0.25, -0.2) is 4.79 Å². The maximum Gasteiger partial charge on any atom is 0.330 e. The highest BCUT2D eigenvalue weighted by Crippen LogP contribution is 2.60. The number of hydrogen-bond acceptors (Lipinski definition) is 3. The number of ether oxygens (including phenoxy) is 1. The molecule has 3 heteroatoms. The lowest BCUT2D eigenvalue weighted by Gasteiger charge is -2.54. The minimum Gasteiger partial charge on any atom is -0.508 e. The maximum absolute atomic E-state index is 11.3. The second kappa shape index (κ2) is 7.37. The number of carbonyl (C=O) groups excluding carboxylic acids is 1.